The molecule has 20 heavy (non-hydrogen) atoms. The zero-order valence-corrected chi connectivity index (χ0v) is 12.8. The summed E-state index contributed by atoms with van der Waals surface area (Å²) < 4.78 is 27.7. The van der Waals surface area contributed by atoms with E-state index in [0.29, 0.717) is 17.3 Å². The third-order valence-electron chi connectivity index (χ3n) is 2.83. The van der Waals surface area contributed by atoms with E-state index in [-0.39, 0.29) is 29.2 Å². The summed E-state index contributed by atoms with van der Waals surface area (Å²) in [7, 11) is -3.78. The second-order valence-electron chi connectivity index (χ2n) is 4.31. The molecule has 0 bridgehead atoms. The highest BCUT2D eigenvalue weighted by molar-refractivity contribution is 9.10. The van der Waals surface area contributed by atoms with Crippen molar-refractivity contribution in [3.8, 4) is 0 Å². The van der Waals surface area contributed by atoms with Crippen molar-refractivity contribution in [2.24, 2.45) is 5.84 Å². The number of carbonyl (C=O) groups excluding carboxylic acids is 1. The van der Waals surface area contributed by atoms with Crippen LogP contribution in [0.2, 0.25) is 0 Å². The minimum atomic E-state index is -3.78. The van der Waals surface area contributed by atoms with E-state index >= 15 is 0 Å². The van der Waals surface area contributed by atoms with Crippen molar-refractivity contribution < 1.29 is 13.2 Å². The molecule has 0 aromatic carbocycles. The van der Waals surface area contributed by atoms with Gasteiger partial charge in [-0.1, -0.05) is 0 Å². The van der Waals surface area contributed by atoms with E-state index in [1.54, 1.807) is 0 Å². The Bertz CT molecular complexity index is 611. The largest absolute Gasteiger partial charge is 0.355 e. The molecule has 1 aliphatic rings. The first-order chi connectivity index (χ1) is 9.42. The molecule has 0 spiro atoms. The fourth-order valence-corrected chi connectivity index (χ4v) is 3.75. The second-order valence-corrected chi connectivity index (χ2v) is 6.90. The molecule has 1 aromatic heterocycles. The van der Waals surface area contributed by atoms with Crippen LogP contribution >= 0.6 is 15.9 Å². The first-order valence-corrected chi connectivity index (χ1v) is 8.11. The molecular formula is C10H14BrN5O3S. The number of rotatable bonds is 4. The summed E-state index contributed by atoms with van der Waals surface area (Å²) >= 11 is 3.17. The average Bonchev–Trinajstić information content (AvgIpc) is 2.41. The summed E-state index contributed by atoms with van der Waals surface area (Å²) in [5, 5.41) is 2.62. The zero-order chi connectivity index (χ0) is 14.8. The summed E-state index contributed by atoms with van der Waals surface area (Å²) in [6.45, 7) is 0.269. The van der Waals surface area contributed by atoms with Gasteiger partial charge in [0, 0.05) is 29.7 Å². The van der Waals surface area contributed by atoms with Crippen LogP contribution in [0.25, 0.3) is 0 Å². The van der Waals surface area contributed by atoms with Gasteiger partial charge in [-0.25, -0.2) is 24.0 Å². The smallest absolute Gasteiger partial charge is 0.244 e. The van der Waals surface area contributed by atoms with E-state index in [9.17, 15) is 13.2 Å². The molecule has 5 N–H and O–H groups in total. The third-order valence-corrected chi connectivity index (χ3v) is 4.80. The van der Waals surface area contributed by atoms with Gasteiger partial charge < -0.3 is 10.7 Å². The molecule has 0 saturated carbocycles. The number of sulfonamides is 1. The lowest BCUT2D eigenvalue weighted by molar-refractivity contribution is -0.122. The van der Waals surface area contributed by atoms with Crippen LogP contribution in [0.1, 0.15) is 12.8 Å². The normalized spacial score (nSPS) is 19.5. The predicted octanol–water partition coefficient (Wildman–Crippen LogP) is -0.313. The van der Waals surface area contributed by atoms with Crippen molar-refractivity contribution in [3.05, 3.63) is 16.7 Å². The first kappa shape index (κ1) is 15.2. The highest BCUT2D eigenvalue weighted by Crippen LogP contribution is 2.22. The molecule has 110 valence electrons. The molecule has 10 heteroatoms. The van der Waals surface area contributed by atoms with Crippen LogP contribution in [0.3, 0.4) is 0 Å². The summed E-state index contributed by atoms with van der Waals surface area (Å²) in [5.41, 5.74) is 2.25. The van der Waals surface area contributed by atoms with Crippen LogP contribution in [-0.4, -0.2) is 31.9 Å². The maximum atomic E-state index is 12.3. The Balaban J connectivity index is 2.22. The van der Waals surface area contributed by atoms with Gasteiger partial charge in [-0.2, -0.15) is 0 Å². The van der Waals surface area contributed by atoms with Gasteiger partial charge >= 0.3 is 0 Å². The molecule has 8 nitrogen and oxygen atoms in total. The molecule has 1 aromatic rings. The predicted molar refractivity (Wildman–Crippen MR) is 76.1 cm³/mol. The molecule has 2 rings (SSSR count). The number of piperidine rings is 1. The summed E-state index contributed by atoms with van der Waals surface area (Å²) in [4.78, 5) is 14.9. The average molecular weight is 364 g/mol. The Hall–Kier alpha value is -1.23. The fraction of sp³-hybridized carbons (Fsp3) is 0.400. The number of pyridine rings is 1. The number of nitrogens with two attached hydrogens (primary N) is 1. The van der Waals surface area contributed by atoms with Crippen molar-refractivity contribution in [2.75, 3.05) is 12.0 Å². The topological polar surface area (TPSA) is 126 Å². The monoisotopic (exact) mass is 363 g/mol. The van der Waals surface area contributed by atoms with Crippen molar-refractivity contribution in [2.45, 2.75) is 23.8 Å². The summed E-state index contributed by atoms with van der Waals surface area (Å²) in [5.74, 6) is 5.25. The van der Waals surface area contributed by atoms with Crippen LogP contribution in [-0.2, 0) is 14.8 Å². The van der Waals surface area contributed by atoms with Crippen molar-refractivity contribution in [1.29, 1.82) is 0 Å². The van der Waals surface area contributed by atoms with Crippen LogP contribution in [0.5, 0.6) is 0 Å². The van der Waals surface area contributed by atoms with Gasteiger partial charge in [0.25, 0.3) is 0 Å². The van der Waals surface area contributed by atoms with Gasteiger partial charge in [0.05, 0.1) is 0 Å². The number of hydrogen-bond donors (Lipinski definition) is 4. The molecule has 1 saturated heterocycles. The third kappa shape index (κ3) is 3.45. The van der Waals surface area contributed by atoms with Crippen molar-refractivity contribution in [3.63, 3.8) is 0 Å². The lowest BCUT2D eigenvalue weighted by Crippen LogP contribution is -2.47. The van der Waals surface area contributed by atoms with Gasteiger partial charge in [0.15, 0.2) is 5.82 Å². The molecular weight excluding hydrogens is 350 g/mol. The molecule has 1 amide bonds. The van der Waals surface area contributed by atoms with Crippen molar-refractivity contribution in [1.82, 2.24) is 15.0 Å². The standard InChI is InChI=1S/C10H14BrN5O3S/c11-6-3-8(10(15-12)14-4-6)20(18,19)16-7-1-2-9(17)13-5-7/h3-4,7,16H,1-2,5,12H2,(H,13,17)(H,14,15). The van der Waals surface area contributed by atoms with Gasteiger partial charge in [-0.15, -0.1) is 0 Å². The van der Waals surface area contributed by atoms with Crippen LogP contribution in [0, 0.1) is 0 Å². The molecule has 2 heterocycles. The van der Waals surface area contributed by atoms with Gasteiger partial charge in [-0.3, -0.25) is 4.79 Å². The molecule has 1 aliphatic heterocycles. The lowest BCUT2D eigenvalue weighted by atomic mass is 10.1. The fourth-order valence-electron chi connectivity index (χ4n) is 1.85. The first-order valence-electron chi connectivity index (χ1n) is 5.83. The molecule has 1 fully saturated rings. The van der Waals surface area contributed by atoms with Crippen molar-refractivity contribution >= 4 is 37.7 Å². The lowest BCUT2D eigenvalue weighted by Gasteiger charge is -2.23. The Morgan fingerprint density at radius 2 is 2.25 bits per heavy atom. The number of nitrogens with zero attached hydrogens (tertiary/aromatic N) is 1. The van der Waals surface area contributed by atoms with Crippen LogP contribution < -0.4 is 21.3 Å². The highest BCUT2D eigenvalue weighted by atomic mass is 79.9. The van der Waals surface area contributed by atoms with E-state index in [1.165, 1.54) is 12.3 Å². The number of halogens is 1. The number of anilines is 1. The van der Waals surface area contributed by atoms with Gasteiger partial charge in [0.2, 0.25) is 15.9 Å². The van der Waals surface area contributed by atoms with Gasteiger partial charge in [0.1, 0.15) is 4.90 Å². The number of carbonyl (C=O) groups is 1. The quantitative estimate of drug-likeness (QED) is 0.429. The Kier molecular flexibility index (Phi) is 4.58. The van der Waals surface area contributed by atoms with E-state index in [2.05, 4.69) is 36.4 Å². The Morgan fingerprint density at radius 3 is 2.85 bits per heavy atom. The van der Waals surface area contributed by atoms with E-state index in [0.717, 1.165) is 0 Å². The van der Waals surface area contributed by atoms with Crippen LogP contribution in [0.15, 0.2) is 21.6 Å². The molecule has 1 atom stereocenters. The molecule has 1 unspecified atom stereocenters. The SMILES string of the molecule is NNc1ncc(Br)cc1S(=O)(=O)NC1CCC(=O)NC1. The highest BCUT2D eigenvalue weighted by Gasteiger charge is 2.26. The summed E-state index contributed by atoms with van der Waals surface area (Å²) in [6, 6.07) is 1.06. The maximum absolute atomic E-state index is 12.3. The number of amides is 1. The number of nitrogen functional groups attached to an aromatic ring is 1. The minimum Gasteiger partial charge on any atom is -0.355 e. The van der Waals surface area contributed by atoms with E-state index < -0.39 is 10.0 Å². The number of nitrogens with one attached hydrogen (secondary N) is 3. The number of hydrogen-bond acceptors (Lipinski definition) is 6. The number of aromatic nitrogens is 1. The molecule has 0 aliphatic carbocycles. The maximum Gasteiger partial charge on any atom is 0.244 e. The minimum absolute atomic E-state index is 0.0497. The second kappa shape index (κ2) is 6.04. The Morgan fingerprint density at radius 1 is 1.50 bits per heavy atom. The van der Waals surface area contributed by atoms with E-state index in [1.807, 2.05) is 0 Å². The zero-order valence-electron chi connectivity index (χ0n) is 10.4. The van der Waals surface area contributed by atoms with Gasteiger partial charge in [-0.05, 0) is 28.4 Å². The Labute approximate surface area is 124 Å². The number of hydrazine groups is 1. The van der Waals surface area contributed by atoms with E-state index in [4.69, 9.17) is 5.84 Å². The van der Waals surface area contributed by atoms with Crippen LogP contribution in [0.4, 0.5) is 5.82 Å². The molecule has 0 radical (unpaired) electrons. The summed E-state index contributed by atoms with van der Waals surface area (Å²) in [6.07, 6.45) is 2.19.